The molecule has 0 aliphatic carbocycles. The van der Waals surface area contributed by atoms with E-state index in [1.807, 2.05) is 20.8 Å². The number of hydrogen-bond acceptors (Lipinski definition) is 4. The van der Waals surface area contributed by atoms with Crippen LogP contribution in [0.2, 0.25) is 15.1 Å². The minimum absolute atomic E-state index is 0.0144. The standard InChI is InChI=1S/C30H34Cl3N3O4S/c1-6-27(30(38)34-19(2)3)35(17-23-25(32)10-7-11-26(23)33)29(37)18-36(28-12-8-9-24(31)21(28)5)41(39,40)22-15-13-20(4)14-16-22/h7-16,19,27H,6,17-18H2,1-5H3,(H,34,38). The Balaban J connectivity index is 2.15. The Morgan fingerprint density at radius 1 is 0.878 bits per heavy atom. The molecule has 0 saturated carbocycles. The lowest BCUT2D eigenvalue weighted by molar-refractivity contribution is -0.140. The van der Waals surface area contributed by atoms with Gasteiger partial charge in [0.1, 0.15) is 12.6 Å². The van der Waals surface area contributed by atoms with Gasteiger partial charge in [-0.25, -0.2) is 8.42 Å². The molecule has 0 radical (unpaired) electrons. The van der Waals surface area contributed by atoms with Gasteiger partial charge in [0.15, 0.2) is 0 Å². The van der Waals surface area contributed by atoms with E-state index in [1.54, 1.807) is 62.4 Å². The highest BCUT2D eigenvalue weighted by Gasteiger charge is 2.35. The largest absolute Gasteiger partial charge is 0.352 e. The lowest BCUT2D eigenvalue weighted by Crippen LogP contribution is -2.53. The van der Waals surface area contributed by atoms with Crippen molar-refractivity contribution in [3.63, 3.8) is 0 Å². The van der Waals surface area contributed by atoms with E-state index in [2.05, 4.69) is 5.32 Å². The molecule has 0 spiro atoms. The van der Waals surface area contributed by atoms with Crippen molar-refractivity contribution in [2.24, 2.45) is 0 Å². The van der Waals surface area contributed by atoms with Gasteiger partial charge in [-0.05, 0) is 76.1 Å². The number of sulfonamides is 1. The van der Waals surface area contributed by atoms with E-state index in [0.717, 1.165) is 9.87 Å². The zero-order valence-corrected chi connectivity index (χ0v) is 26.7. The normalized spacial score (nSPS) is 12.2. The monoisotopic (exact) mass is 637 g/mol. The topological polar surface area (TPSA) is 86.8 Å². The summed E-state index contributed by atoms with van der Waals surface area (Å²) in [6.45, 7) is 8.26. The molecule has 3 rings (SSSR count). The fraction of sp³-hybridized carbons (Fsp3) is 0.333. The lowest BCUT2D eigenvalue weighted by atomic mass is 10.1. The molecular formula is C30H34Cl3N3O4S. The highest BCUT2D eigenvalue weighted by Crippen LogP contribution is 2.32. The molecule has 0 saturated heterocycles. The minimum Gasteiger partial charge on any atom is -0.352 e. The number of amides is 2. The summed E-state index contributed by atoms with van der Waals surface area (Å²) in [5, 5.41) is 3.85. The molecule has 0 aromatic heterocycles. The zero-order chi connectivity index (χ0) is 30.5. The molecule has 0 heterocycles. The Morgan fingerprint density at radius 2 is 1.44 bits per heavy atom. The third-order valence-electron chi connectivity index (χ3n) is 6.60. The van der Waals surface area contributed by atoms with E-state index in [4.69, 9.17) is 34.8 Å². The summed E-state index contributed by atoms with van der Waals surface area (Å²) >= 11 is 19.3. The van der Waals surface area contributed by atoms with Gasteiger partial charge < -0.3 is 10.2 Å². The minimum atomic E-state index is -4.23. The van der Waals surface area contributed by atoms with Crippen molar-refractivity contribution in [3.05, 3.63) is 92.4 Å². The number of benzene rings is 3. The number of aryl methyl sites for hydroxylation is 1. The summed E-state index contributed by atoms with van der Waals surface area (Å²) in [6.07, 6.45) is 0.271. The van der Waals surface area contributed by atoms with E-state index in [0.29, 0.717) is 26.2 Å². The van der Waals surface area contributed by atoms with Crippen molar-refractivity contribution in [1.82, 2.24) is 10.2 Å². The van der Waals surface area contributed by atoms with Gasteiger partial charge in [0, 0.05) is 33.2 Å². The van der Waals surface area contributed by atoms with Gasteiger partial charge >= 0.3 is 0 Å². The number of carbonyl (C=O) groups is 2. The van der Waals surface area contributed by atoms with Crippen LogP contribution in [0.15, 0.2) is 65.6 Å². The van der Waals surface area contributed by atoms with E-state index < -0.39 is 28.5 Å². The smallest absolute Gasteiger partial charge is 0.264 e. The SMILES string of the molecule is CCC(C(=O)NC(C)C)N(Cc1c(Cl)cccc1Cl)C(=O)CN(c1cccc(Cl)c1C)S(=O)(=O)c1ccc(C)cc1. The van der Waals surface area contributed by atoms with Gasteiger partial charge in [-0.2, -0.15) is 0 Å². The molecule has 0 aliphatic rings. The summed E-state index contributed by atoms with van der Waals surface area (Å²) in [4.78, 5) is 28.8. The Hall–Kier alpha value is -2.78. The van der Waals surface area contributed by atoms with Crippen molar-refractivity contribution < 1.29 is 18.0 Å². The highest BCUT2D eigenvalue weighted by atomic mass is 35.5. The molecule has 0 fully saturated rings. The molecular weight excluding hydrogens is 605 g/mol. The first-order valence-electron chi connectivity index (χ1n) is 13.1. The number of carbonyl (C=O) groups excluding carboxylic acids is 2. The maximum atomic E-state index is 14.2. The van der Waals surface area contributed by atoms with Crippen LogP contribution in [-0.4, -0.2) is 43.8 Å². The molecule has 1 unspecified atom stereocenters. The maximum absolute atomic E-state index is 14.2. The number of hydrogen-bond donors (Lipinski definition) is 1. The fourth-order valence-electron chi connectivity index (χ4n) is 4.37. The second-order valence-corrected chi connectivity index (χ2v) is 13.1. The van der Waals surface area contributed by atoms with Crippen LogP contribution in [0.3, 0.4) is 0 Å². The third-order valence-corrected chi connectivity index (χ3v) is 9.49. The van der Waals surface area contributed by atoms with Crippen LogP contribution in [0.5, 0.6) is 0 Å². The average molecular weight is 639 g/mol. The summed E-state index contributed by atoms with van der Waals surface area (Å²) < 4.78 is 29.1. The molecule has 11 heteroatoms. The van der Waals surface area contributed by atoms with Gasteiger partial charge in [0.25, 0.3) is 10.0 Å². The van der Waals surface area contributed by atoms with Crippen molar-refractivity contribution in [1.29, 1.82) is 0 Å². The van der Waals surface area contributed by atoms with Crippen LogP contribution in [0.4, 0.5) is 5.69 Å². The maximum Gasteiger partial charge on any atom is 0.264 e. The Labute approximate surface area is 257 Å². The highest BCUT2D eigenvalue weighted by molar-refractivity contribution is 7.92. The summed E-state index contributed by atoms with van der Waals surface area (Å²) in [6, 6.07) is 15.1. The van der Waals surface area contributed by atoms with Crippen molar-refractivity contribution in [3.8, 4) is 0 Å². The molecule has 3 aromatic rings. The van der Waals surface area contributed by atoms with Gasteiger partial charge in [-0.1, -0.05) is 71.6 Å². The average Bonchev–Trinajstić information content (AvgIpc) is 2.90. The molecule has 1 atom stereocenters. The number of nitrogens with zero attached hydrogens (tertiary/aromatic N) is 2. The van der Waals surface area contributed by atoms with Crippen molar-refractivity contribution in [2.45, 2.75) is 64.6 Å². The van der Waals surface area contributed by atoms with E-state index in [1.165, 1.54) is 17.0 Å². The lowest BCUT2D eigenvalue weighted by Gasteiger charge is -2.34. The van der Waals surface area contributed by atoms with Crippen LogP contribution in [0.25, 0.3) is 0 Å². The number of anilines is 1. The first-order chi connectivity index (χ1) is 19.3. The summed E-state index contributed by atoms with van der Waals surface area (Å²) in [5.41, 5.74) is 2.08. The summed E-state index contributed by atoms with van der Waals surface area (Å²) in [7, 11) is -4.23. The van der Waals surface area contributed by atoms with Crippen LogP contribution in [0.1, 0.15) is 43.9 Å². The second-order valence-electron chi connectivity index (χ2n) is 10.0. The molecule has 41 heavy (non-hydrogen) atoms. The zero-order valence-electron chi connectivity index (χ0n) is 23.6. The van der Waals surface area contributed by atoms with Crippen LogP contribution >= 0.6 is 34.8 Å². The van der Waals surface area contributed by atoms with Crippen molar-refractivity contribution in [2.75, 3.05) is 10.8 Å². The third kappa shape index (κ3) is 7.74. The van der Waals surface area contributed by atoms with Crippen LogP contribution < -0.4 is 9.62 Å². The Kier molecular flexibility index (Phi) is 11.1. The quantitative estimate of drug-likeness (QED) is 0.251. The van der Waals surface area contributed by atoms with Gasteiger partial charge in [-0.3, -0.25) is 13.9 Å². The predicted octanol–water partition coefficient (Wildman–Crippen LogP) is 6.79. The van der Waals surface area contributed by atoms with Crippen LogP contribution in [0, 0.1) is 13.8 Å². The Bertz CT molecular complexity index is 1490. The molecule has 1 N–H and O–H groups in total. The first kappa shape index (κ1) is 32.7. The predicted molar refractivity (Wildman–Crippen MR) is 166 cm³/mol. The Morgan fingerprint density at radius 3 is 2.00 bits per heavy atom. The van der Waals surface area contributed by atoms with Gasteiger partial charge in [0.2, 0.25) is 11.8 Å². The molecule has 3 aromatic carbocycles. The van der Waals surface area contributed by atoms with E-state index >= 15 is 0 Å². The molecule has 2 amide bonds. The molecule has 7 nitrogen and oxygen atoms in total. The first-order valence-corrected chi connectivity index (χ1v) is 15.7. The van der Waals surface area contributed by atoms with Gasteiger partial charge in [0.05, 0.1) is 10.6 Å². The molecule has 0 aliphatic heterocycles. The number of halogens is 3. The fourth-order valence-corrected chi connectivity index (χ4v) is 6.53. The summed E-state index contributed by atoms with van der Waals surface area (Å²) in [5.74, 6) is -0.979. The second kappa shape index (κ2) is 13.9. The van der Waals surface area contributed by atoms with Crippen molar-refractivity contribution >= 4 is 62.3 Å². The number of nitrogens with one attached hydrogen (secondary N) is 1. The molecule has 0 bridgehead atoms. The van der Waals surface area contributed by atoms with E-state index in [-0.39, 0.29) is 35.5 Å². The van der Waals surface area contributed by atoms with Gasteiger partial charge in [-0.15, -0.1) is 0 Å². The molecule has 220 valence electrons. The number of rotatable bonds is 11. The van der Waals surface area contributed by atoms with Crippen LogP contribution in [-0.2, 0) is 26.2 Å². The van der Waals surface area contributed by atoms with E-state index in [9.17, 15) is 18.0 Å².